The SMILES string of the molecule is Cc1ccc2nc(C(F)(F)F)nc(Sc3ccccn3)c2c1. The molecule has 3 nitrogen and oxygen atoms in total. The Balaban J connectivity index is 2.18. The largest absolute Gasteiger partial charge is 0.451 e. The lowest BCUT2D eigenvalue weighted by Crippen LogP contribution is -2.11. The molecule has 0 aliphatic rings. The maximum atomic E-state index is 13.0. The van der Waals surface area contributed by atoms with Crippen LogP contribution < -0.4 is 0 Å². The summed E-state index contributed by atoms with van der Waals surface area (Å²) in [4.78, 5) is 11.4. The molecular formula is C15H10F3N3S. The minimum atomic E-state index is -4.58. The summed E-state index contributed by atoms with van der Waals surface area (Å²) in [7, 11) is 0. The molecule has 0 fully saturated rings. The maximum absolute atomic E-state index is 13.0. The van der Waals surface area contributed by atoms with Crippen LogP contribution in [0, 0.1) is 6.92 Å². The van der Waals surface area contributed by atoms with Crippen molar-refractivity contribution in [2.24, 2.45) is 0 Å². The average molecular weight is 321 g/mol. The van der Waals surface area contributed by atoms with Crippen LogP contribution in [0.1, 0.15) is 11.4 Å². The molecule has 2 heterocycles. The number of rotatable bonds is 2. The lowest BCUT2D eigenvalue weighted by atomic mass is 10.2. The number of benzene rings is 1. The summed E-state index contributed by atoms with van der Waals surface area (Å²) in [5.74, 6) is -1.14. The summed E-state index contributed by atoms with van der Waals surface area (Å²) < 4.78 is 38.9. The molecule has 0 unspecified atom stereocenters. The van der Waals surface area contributed by atoms with E-state index in [1.54, 1.807) is 42.6 Å². The van der Waals surface area contributed by atoms with Crippen LogP contribution in [0.2, 0.25) is 0 Å². The maximum Gasteiger partial charge on any atom is 0.451 e. The van der Waals surface area contributed by atoms with Crippen LogP contribution in [0.4, 0.5) is 13.2 Å². The number of aromatic nitrogens is 3. The zero-order valence-electron chi connectivity index (χ0n) is 11.4. The Bertz CT molecular complexity index is 819. The van der Waals surface area contributed by atoms with Crippen LogP contribution >= 0.6 is 11.8 Å². The van der Waals surface area contributed by atoms with Gasteiger partial charge in [0.05, 0.1) is 5.52 Å². The molecule has 0 amide bonds. The van der Waals surface area contributed by atoms with Crippen LogP contribution in [0.5, 0.6) is 0 Å². The third-order valence-corrected chi connectivity index (χ3v) is 3.86. The summed E-state index contributed by atoms with van der Waals surface area (Å²) in [6, 6.07) is 10.3. The van der Waals surface area contributed by atoms with Gasteiger partial charge in [-0.3, -0.25) is 0 Å². The lowest BCUT2D eigenvalue weighted by molar-refractivity contribution is -0.145. The van der Waals surface area contributed by atoms with Crippen LogP contribution in [-0.4, -0.2) is 15.0 Å². The predicted octanol–water partition coefficient (Wildman–Crippen LogP) is 4.50. The van der Waals surface area contributed by atoms with Crippen molar-refractivity contribution in [2.75, 3.05) is 0 Å². The standard InChI is InChI=1S/C15H10F3N3S/c1-9-5-6-11-10(8-9)13(21-14(20-11)15(16,17)18)22-12-4-2-3-7-19-12/h2-8H,1H3. The summed E-state index contributed by atoms with van der Waals surface area (Å²) in [5.41, 5.74) is 1.20. The average Bonchev–Trinajstić information content (AvgIpc) is 2.47. The first kappa shape index (κ1) is 14.8. The molecule has 0 saturated carbocycles. The molecule has 7 heteroatoms. The van der Waals surface area contributed by atoms with Gasteiger partial charge in [-0.2, -0.15) is 13.2 Å². The molecule has 2 aromatic heterocycles. The number of pyridine rings is 1. The molecule has 0 aliphatic heterocycles. The van der Waals surface area contributed by atoms with Gasteiger partial charge in [-0.25, -0.2) is 15.0 Å². The number of nitrogens with zero attached hydrogens (tertiary/aromatic N) is 3. The van der Waals surface area contributed by atoms with Gasteiger partial charge in [-0.15, -0.1) is 0 Å². The van der Waals surface area contributed by atoms with E-state index in [4.69, 9.17) is 0 Å². The monoisotopic (exact) mass is 321 g/mol. The van der Waals surface area contributed by atoms with E-state index in [1.165, 1.54) is 0 Å². The molecule has 1 aromatic carbocycles. The Morgan fingerprint density at radius 3 is 2.55 bits per heavy atom. The van der Waals surface area contributed by atoms with Crippen LogP contribution in [-0.2, 0) is 6.18 Å². The number of hydrogen-bond acceptors (Lipinski definition) is 4. The van der Waals surface area contributed by atoms with Gasteiger partial charge in [0.15, 0.2) is 0 Å². The zero-order chi connectivity index (χ0) is 15.7. The van der Waals surface area contributed by atoms with Gasteiger partial charge in [-0.1, -0.05) is 17.7 Å². The van der Waals surface area contributed by atoms with E-state index in [0.717, 1.165) is 17.3 Å². The molecule has 22 heavy (non-hydrogen) atoms. The van der Waals surface area contributed by atoms with E-state index in [9.17, 15) is 13.2 Å². The van der Waals surface area contributed by atoms with Crippen molar-refractivity contribution in [3.63, 3.8) is 0 Å². The summed E-state index contributed by atoms with van der Waals surface area (Å²) in [5, 5.41) is 1.42. The van der Waals surface area contributed by atoms with Crippen molar-refractivity contribution in [2.45, 2.75) is 23.2 Å². The van der Waals surface area contributed by atoms with Crippen molar-refractivity contribution in [3.8, 4) is 0 Å². The van der Waals surface area contributed by atoms with Gasteiger partial charge in [0.2, 0.25) is 5.82 Å². The Morgan fingerprint density at radius 1 is 1.05 bits per heavy atom. The second-order valence-electron chi connectivity index (χ2n) is 4.64. The first-order valence-electron chi connectivity index (χ1n) is 6.38. The minimum absolute atomic E-state index is 0.250. The van der Waals surface area contributed by atoms with E-state index in [2.05, 4.69) is 15.0 Å². The Labute approximate surface area is 128 Å². The first-order chi connectivity index (χ1) is 10.4. The van der Waals surface area contributed by atoms with Gasteiger partial charge in [0, 0.05) is 11.6 Å². The molecular weight excluding hydrogens is 311 g/mol. The quantitative estimate of drug-likeness (QED) is 0.651. The molecule has 0 aliphatic carbocycles. The Hall–Kier alpha value is -2.15. The van der Waals surface area contributed by atoms with E-state index < -0.39 is 12.0 Å². The van der Waals surface area contributed by atoms with Gasteiger partial charge >= 0.3 is 6.18 Å². The summed E-state index contributed by atoms with van der Waals surface area (Å²) >= 11 is 1.09. The van der Waals surface area contributed by atoms with Crippen molar-refractivity contribution < 1.29 is 13.2 Å². The van der Waals surface area contributed by atoms with E-state index in [-0.39, 0.29) is 10.5 Å². The van der Waals surface area contributed by atoms with Gasteiger partial charge in [-0.05, 0) is 43.0 Å². The van der Waals surface area contributed by atoms with Crippen LogP contribution in [0.15, 0.2) is 52.6 Å². The lowest BCUT2D eigenvalue weighted by Gasteiger charge is -2.10. The molecule has 112 valence electrons. The smallest absolute Gasteiger partial charge is 0.250 e. The van der Waals surface area contributed by atoms with Crippen LogP contribution in [0.3, 0.4) is 0 Å². The number of alkyl halides is 3. The number of fused-ring (bicyclic) bond motifs is 1. The molecule has 0 N–H and O–H groups in total. The number of hydrogen-bond donors (Lipinski definition) is 0. The van der Waals surface area contributed by atoms with Crippen molar-refractivity contribution in [3.05, 3.63) is 54.0 Å². The van der Waals surface area contributed by atoms with Crippen molar-refractivity contribution >= 4 is 22.7 Å². The van der Waals surface area contributed by atoms with Gasteiger partial charge in [0.25, 0.3) is 0 Å². The summed E-state index contributed by atoms with van der Waals surface area (Å²) in [6.07, 6.45) is -3.00. The fourth-order valence-corrected chi connectivity index (χ4v) is 2.79. The molecule has 0 spiro atoms. The molecule has 3 rings (SSSR count). The third kappa shape index (κ3) is 3.04. The fraction of sp³-hybridized carbons (Fsp3) is 0.133. The highest BCUT2D eigenvalue weighted by molar-refractivity contribution is 7.99. The van der Waals surface area contributed by atoms with Gasteiger partial charge < -0.3 is 0 Å². The molecule has 3 aromatic rings. The molecule has 0 radical (unpaired) electrons. The van der Waals surface area contributed by atoms with E-state index >= 15 is 0 Å². The van der Waals surface area contributed by atoms with Crippen LogP contribution in [0.25, 0.3) is 10.9 Å². The highest BCUT2D eigenvalue weighted by Crippen LogP contribution is 2.34. The zero-order valence-corrected chi connectivity index (χ0v) is 12.2. The third-order valence-electron chi connectivity index (χ3n) is 2.91. The molecule has 0 bridgehead atoms. The highest BCUT2D eigenvalue weighted by atomic mass is 32.2. The Kier molecular flexibility index (Phi) is 3.74. The van der Waals surface area contributed by atoms with Gasteiger partial charge in [0.1, 0.15) is 10.1 Å². The van der Waals surface area contributed by atoms with Crippen molar-refractivity contribution in [1.82, 2.24) is 15.0 Å². The normalized spacial score (nSPS) is 11.8. The minimum Gasteiger partial charge on any atom is -0.250 e. The first-order valence-corrected chi connectivity index (χ1v) is 7.19. The Morgan fingerprint density at radius 2 is 1.86 bits per heavy atom. The predicted molar refractivity (Wildman–Crippen MR) is 77.6 cm³/mol. The summed E-state index contributed by atoms with van der Waals surface area (Å²) in [6.45, 7) is 1.87. The van der Waals surface area contributed by atoms with Crippen molar-refractivity contribution in [1.29, 1.82) is 0 Å². The molecule has 0 saturated heterocycles. The second kappa shape index (κ2) is 5.57. The number of aryl methyl sites for hydroxylation is 1. The van der Waals surface area contributed by atoms with E-state index in [1.807, 2.05) is 6.92 Å². The topological polar surface area (TPSA) is 38.7 Å². The molecule has 0 atom stereocenters. The van der Waals surface area contributed by atoms with E-state index in [0.29, 0.717) is 10.4 Å². The fourth-order valence-electron chi connectivity index (χ4n) is 1.93. The highest BCUT2D eigenvalue weighted by Gasteiger charge is 2.35. The second-order valence-corrected chi connectivity index (χ2v) is 5.65. The number of halogens is 3.